The fourth-order valence-electron chi connectivity index (χ4n) is 2.36. The second-order valence-corrected chi connectivity index (χ2v) is 4.82. The molecule has 98 valence electrons. The van der Waals surface area contributed by atoms with Crippen LogP contribution in [0.15, 0.2) is 0 Å². The molecular weight excluding hydrogens is 218 g/mol. The van der Waals surface area contributed by atoms with Crippen LogP contribution in [0.3, 0.4) is 0 Å². The van der Waals surface area contributed by atoms with Gasteiger partial charge in [-0.1, -0.05) is 6.92 Å². The first-order chi connectivity index (χ1) is 8.15. The van der Waals surface area contributed by atoms with Crippen LogP contribution >= 0.6 is 0 Å². The van der Waals surface area contributed by atoms with Crippen LogP contribution < -0.4 is 5.32 Å². The van der Waals surface area contributed by atoms with E-state index in [9.17, 15) is 9.59 Å². The van der Waals surface area contributed by atoms with E-state index in [0.29, 0.717) is 24.8 Å². The lowest BCUT2D eigenvalue weighted by molar-refractivity contribution is -0.142. The van der Waals surface area contributed by atoms with Gasteiger partial charge in [0.1, 0.15) is 0 Å². The van der Waals surface area contributed by atoms with Gasteiger partial charge in [-0.25, -0.2) is 0 Å². The van der Waals surface area contributed by atoms with Gasteiger partial charge in [0.15, 0.2) is 0 Å². The van der Waals surface area contributed by atoms with Crippen molar-refractivity contribution >= 4 is 11.9 Å². The molecule has 1 N–H and O–H groups in total. The van der Waals surface area contributed by atoms with Gasteiger partial charge in [0, 0.05) is 18.9 Å². The molecule has 0 saturated heterocycles. The lowest BCUT2D eigenvalue weighted by Crippen LogP contribution is -2.37. The fourth-order valence-corrected chi connectivity index (χ4v) is 2.36. The SMILES string of the molecule is CCCC(=O)NC1CCC(CC(=O)OC)CC1. The van der Waals surface area contributed by atoms with Crippen molar-refractivity contribution in [3.8, 4) is 0 Å². The zero-order valence-electron chi connectivity index (χ0n) is 10.8. The van der Waals surface area contributed by atoms with E-state index in [-0.39, 0.29) is 11.9 Å². The summed E-state index contributed by atoms with van der Waals surface area (Å²) in [5.41, 5.74) is 0. The normalized spacial score (nSPS) is 24.1. The highest BCUT2D eigenvalue weighted by Gasteiger charge is 2.24. The van der Waals surface area contributed by atoms with Crippen LogP contribution in [0.25, 0.3) is 0 Å². The summed E-state index contributed by atoms with van der Waals surface area (Å²) in [6.07, 6.45) is 6.00. The van der Waals surface area contributed by atoms with Crippen LogP contribution in [0.4, 0.5) is 0 Å². The summed E-state index contributed by atoms with van der Waals surface area (Å²) in [4.78, 5) is 22.6. The Bertz CT molecular complexity index is 257. The zero-order chi connectivity index (χ0) is 12.7. The number of ether oxygens (including phenoxy) is 1. The molecule has 1 amide bonds. The molecule has 1 aliphatic rings. The number of carbonyl (C=O) groups excluding carboxylic acids is 2. The maximum Gasteiger partial charge on any atom is 0.305 e. The van der Waals surface area contributed by atoms with E-state index >= 15 is 0 Å². The van der Waals surface area contributed by atoms with Crippen molar-refractivity contribution in [2.75, 3.05) is 7.11 Å². The van der Waals surface area contributed by atoms with Gasteiger partial charge in [0.25, 0.3) is 0 Å². The molecule has 0 unspecified atom stereocenters. The second-order valence-electron chi connectivity index (χ2n) is 4.82. The number of rotatable bonds is 5. The van der Waals surface area contributed by atoms with Gasteiger partial charge < -0.3 is 10.1 Å². The quantitative estimate of drug-likeness (QED) is 0.749. The minimum Gasteiger partial charge on any atom is -0.469 e. The smallest absolute Gasteiger partial charge is 0.305 e. The maximum absolute atomic E-state index is 11.4. The summed E-state index contributed by atoms with van der Waals surface area (Å²) in [5.74, 6) is 0.467. The Morgan fingerprint density at radius 1 is 1.24 bits per heavy atom. The molecule has 1 rings (SSSR count). The first-order valence-electron chi connectivity index (χ1n) is 6.51. The molecule has 4 nitrogen and oxygen atoms in total. The van der Waals surface area contributed by atoms with Crippen LogP contribution in [-0.4, -0.2) is 25.0 Å². The summed E-state index contributed by atoms with van der Waals surface area (Å²) < 4.78 is 4.67. The molecule has 0 aromatic carbocycles. The zero-order valence-corrected chi connectivity index (χ0v) is 10.8. The molecule has 1 fully saturated rings. The monoisotopic (exact) mass is 241 g/mol. The van der Waals surface area contributed by atoms with Crippen molar-refractivity contribution in [3.05, 3.63) is 0 Å². The van der Waals surface area contributed by atoms with Gasteiger partial charge in [-0.05, 0) is 38.0 Å². The van der Waals surface area contributed by atoms with Crippen molar-refractivity contribution in [2.45, 2.75) is 57.9 Å². The van der Waals surface area contributed by atoms with E-state index in [1.807, 2.05) is 6.92 Å². The largest absolute Gasteiger partial charge is 0.469 e. The lowest BCUT2D eigenvalue weighted by atomic mass is 9.84. The average Bonchev–Trinajstić information content (AvgIpc) is 2.32. The van der Waals surface area contributed by atoms with Crippen LogP contribution in [0.1, 0.15) is 51.9 Å². The van der Waals surface area contributed by atoms with Crippen molar-refractivity contribution in [2.24, 2.45) is 5.92 Å². The van der Waals surface area contributed by atoms with E-state index in [0.717, 1.165) is 32.1 Å². The van der Waals surface area contributed by atoms with E-state index in [1.165, 1.54) is 7.11 Å². The summed E-state index contributed by atoms with van der Waals surface area (Å²) >= 11 is 0. The van der Waals surface area contributed by atoms with Gasteiger partial charge in [-0.3, -0.25) is 9.59 Å². The minimum absolute atomic E-state index is 0.122. The number of amides is 1. The van der Waals surface area contributed by atoms with Gasteiger partial charge in [-0.15, -0.1) is 0 Å². The molecule has 0 aromatic rings. The van der Waals surface area contributed by atoms with E-state index in [1.54, 1.807) is 0 Å². The standard InChI is InChI=1S/C13H23NO3/c1-3-4-12(15)14-11-7-5-10(6-8-11)9-13(16)17-2/h10-11H,3-9H2,1-2H3,(H,14,15). The Hall–Kier alpha value is -1.06. The molecule has 17 heavy (non-hydrogen) atoms. The number of hydrogen-bond acceptors (Lipinski definition) is 3. The van der Waals surface area contributed by atoms with Crippen LogP contribution in [0.5, 0.6) is 0 Å². The van der Waals surface area contributed by atoms with Crippen LogP contribution in [-0.2, 0) is 14.3 Å². The predicted molar refractivity (Wildman–Crippen MR) is 65.4 cm³/mol. The van der Waals surface area contributed by atoms with Crippen molar-refractivity contribution in [3.63, 3.8) is 0 Å². The minimum atomic E-state index is -0.122. The Morgan fingerprint density at radius 3 is 2.41 bits per heavy atom. The van der Waals surface area contributed by atoms with Gasteiger partial charge in [0.2, 0.25) is 5.91 Å². The lowest BCUT2D eigenvalue weighted by Gasteiger charge is -2.28. The highest BCUT2D eigenvalue weighted by Crippen LogP contribution is 2.27. The molecule has 0 bridgehead atoms. The number of nitrogens with one attached hydrogen (secondary N) is 1. The van der Waals surface area contributed by atoms with E-state index < -0.39 is 0 Å². The maximum atomic E-state index is 11.4. The fraction of sp³-hybridized carbons (Fsp3) is 0.846. The molecule has 1 saturated carbocycles. The van der Waals surface area contributed by atoms with Gasteiger partial charge >= 0.3 is 5.97 Å². The Balaban J connectivity index is 2.21. The van der Waals surface area contributed by atoms with Gasteiger partial charge in [0.05, 0.1) is 7.11 Å². The van der Waals surface area contributed by atoms with E-state index in [4.69, 9.17) is 0 Å². The second kappa shape index (κ2) is 7.30. The molecule has 0 heterocycles. The third-order valence-electron chi connectivity index (χ3n) is 3.37. The van der Waals surface area contributed by atoms with Crippen LogP contribution in [0.2, 0.25) is 0 Å². The highest BCUT2D eigenvalue weighted by molar-refractivity contribution is 5.76. The molecule has 4 heteroatoms. The number of hydrogen-bond donors (Lipinski definition) is 1. The molecule has 0 spiro atoms. The number of esters is 1. The van der Waals surface area contributed by atoms with Crippen molar-refractivity contribution in [1.29, 1.82) is 0 Å². The molecular formula is C13H23NO3. The Labute approximate surface area is 103 Å². The number of methoxy groups -OCH3 is 1. The summed E-state index contributed by atoms with van der Waals surface area (Å²) in [6, 6.07) is 0.308. The Morgan fingerprint density at radius 2 is 1.88 bits per heavy atom. The summed E-state index contributed by atoms with van der Waals surface area (Å²) in [5, 5.41) is 3.05. The highest BCUT2D eigenvalue weighted by atomic mass is 16.5. The Kier molecular flexibility index (Phi) is 6.01. The predicted octanol–water partition coefficient (Wildman–Crippen LogP) is 2.02. The van der Waals surface area contributed by atoms with Crippen LogP contribution in [0, 0.1) is 5.92 Å². The van der Waals surface area contributed by atoms with Gasteiger partial charge in [-0.2, -0.15) is 0 Å². The third kappa shape index (κ3) is 5.20. The molecule has 0 atom stereocenters. The average molecular weight is 241 g/mol. The topological polar surface area (TPSA) is 55.4 Å². The first kappa shape index (κ1) is 14.0. The third-order valence-corrected chi connectivity index (χ3v) is 3.37. The molecule has 0 radical (unpaired) electrons. The van der Waals surface area contributed by atoms with Crippen molar-refractivity contribution in [1.82, 2.24) is 5.32 Å². The molecule has 0 aliphatic heterocycles. The summed E-state index contributed by atoms with van der Waals surface area (Å²) in [6.45, 7) is 2.01. The number of carbonyl (C=O) groups is 2. The van der Waals surface area contributed by atoms with Crippen molar-refractivity contribution < 1.29 is 14.3 Å². The molecule has 1 aliphatic carbocycles. The summed E-state index contributed by atoms with van der Waals surface area (Å²) in [7, 11) is 1.43. The first-order valence-corrected chi connectivity index (χ1v) is 6.51. The molecule has 0 aromatic heterocycles. The van der Waals surface area contributed by atoms with E-state index in [2.05, 4.69) is 10.1 Å².